The second kappa shape index (κ2) is 8.89. The second-order valence-electron chi connectivity index (χ2n) is 5.40. The molecule has 1 aromatic carbocycles. The minimum Gasteiger partial charge on any atom is -0.389 e. The minimum atomic E-state index is -1.51. The molecule has 0 saturated carbocycles. The molecular formula is C15H22F3NO2. The van der Waals surface area contributed by atoms with E-state index in [1.54, 1.807) is 0 Å². The van der Waals surface area contributed by atoms with Gasteiger partial charge in [-0.15, -0.1) is 0 Å². The minimum absolute atomic E-state index is 0.0642. The highest BCUT2D eigenvalue weighted by molar-refractivity contribution is 5.44. The van der Waals surface area contributed by atoms with E-state index in [1.165, 1.54) is 0 Å². The van der Waals surface area contributed by atoms with Crippen molar-refractivity contribution in [1.82, 2.24) is 0 Å². The summed E-state index contributed by atoms with van der Waals surface area (Å²) in [5.74, 6) is -3.42. The van der Waals surface area contributed by atoms with E-state index in [4.69, 9.17) is 4.74 Å². The Bertz CT molecular complexity index is 418. The van der Waals surface area contributed by atoms with Gasteiger partial charge in [0.2, 0.25) is 0 Å². The lowest BCUT2D eigenvalue weighted by atomic mass is 10.1. The first-order valence-electron chi connectivity index (χ1n) is 7.04. The summed E-state index contributed by atoms with van der Waals surface area (Å²) < 4.78 is 44.0. The van der Waals surface area contributed by atoms with Crippen molar-refractivity contribution in [1.29, 1.82) is 0 Å². The van der Waals surface area contributed by atoms with Gasteiger partial charge in [-0.3, -0.25) is 0 Å². The van der Waals surface area contributed by atoms with Crippen LogP contribution in [-0.2, 0) is 4.74 Å². The lowest BCUT2D eigenvalue weighted by Gasteiger charge is -2.14. The Labute approximate surface area is 123 Å². The number of halogens is 3. The molecule has 0 amide bonds. The molecule has 6 heteroatoms. The maximum absolute atomic E-state index is 13.0. The molecule has 1 atom stereocenters. The summed E-state index contributed by atoms with van der Waals surface area (Å²) in [7, 11) is 0. The molecule has 0 bridgehead atoms. The van der Waals surface area contributed by atoms with Crippen LogP contribution >= 0.6 is 0 Å². The highest BCUT2D eigenvalue weighted by atomic mass is 19.2. The first-order chi connectivity index (χ1) is 9.90. The summed E-state index contributed by atoms with van der Waals surface area (Å²) in [6.45, 7) is 5.01. The van der Waals surface area contributed by atoms with Crippen LogP contribution in [0.4, 0.5) is 18.9 Å². The van der Waals surface area contributed by atoms with E-state index in [9.17, 15) is 18.3 Å². The first kappa shape index (κ1) is 17.8. The molecule has 0 saturated heterocycles. The molecule has 0 radical (unpaired) electrons. The predicted molar refractivity (Wildman–Crippen MR) is 75.7 cm³/mol. The molecule has 1 aromatic rings. The highest BCUT2D eigenvalue weighted by Gasteiger charge is 2.11. The largest absolute Gasteiger partial charge is 0.389 e. The summed E-state index contributed by atoms with van der Waals surface area (Å²) in [6, 6.07) is 1.68. The number of benzene rings is 1. The maximum atomic E-state index is 13.0. The zero-order valence-electron chi connectivity index (χ0n) is 12.3. The van der Waals surface area contributed by atoms with Gasteiger partial charge >= 0.3 is 0 Å². The summed E-state index contributed by atoms with van der Waals surface area (Å²) in [6.07, 6.45) is 1.18. The second-order valence-corrected chi connectivity index (χ2v) is 5.40. The van der Waals surface area contributed by atoms with Crippen LogP contribution in [0.1, 0.15) is 26.7 Å². The van der Waals surface area contributed by atoms with Crippen LogP contribution in [0, 0.1) is 23.4 Å². The fourth-order valence-corrected chi connectivity index (χ4v) is 1.77. The Morgan fingerprint density at radius 2 is 1.81 bits per heavy atom. The number of nitrogens with one attached hydrogen (secondary N) is 1. The molecule has 0 heterocycles. The van der Waals surface area contributed by atoms with Crippen molar-refractivity contribution in [3.05, 3.63) is 29.6 Å². The third kappa shape index (κ3) is 6.82. The van der Waals surface area contributed by atoms with Crippen LogP contribution in [0.3, 0.4) is 0 Å². The van der Waals surface area contributed by atoms with Gasteiger partial charge in [-0.05, 0) is 18.8 Å². The Balaban J connectivity index is 2.25. The lowest BCUT2D eigenvalue weighted by Crippen LogP contribution is -2.25. The van der Waals surface area contributed by atoms with E-state index in [-0.39, 0.29) is 18.8 Å². The molecule has 0 aliphatic carbocycles. The molecule has 1 unspecified atom stereocenters. The van der Waals surface area contributed by atoms with Crippen molar-refractivity contribution in [2.45, 2.75) is 32.8 Å². The SMILES string of the molecule is CC(C)CCCOCC(O)CNc1cc(F)c(F)c(F)c1. The molecule has 120 valence electrons. The fourth-order valence-electron chi connectivity index (χ4n) is 1.77. The summed E-state index contributed by atoms with van der Waals surface area (Å²) in [5.41, 5.74) is 0.0743. The quantitative estimate of drug-likeness (QED) is 0.543. The normalized spacial score (nSPS) is 12.7. The van der Waals surface area contributed by atoms with E-state index in [1.807, 2.05) is 0 Å². The smallest absolute Gasteiger partial charge is 0.194 e. The van der Waals surface area contributed by atoms with Gasteiger partial charge in [0.05, 0.1) is 12.7 Å². The maximum Gasteiger partial charge on any atom is 0.194 e. The monoisotopic (exact) mass is 305 g/mol. The molecule has 3 nitrogen and oxygen atoms in total. The van der Waals surface area contributed by atoms with Gasteiger partial charge < -0.3 is 15.2 Å². The Morgan fingerprint density at radius 3 is 2.38 bits per heavy atom. The van der Waals surface area contributed by atoms with E-state index in [2.05, 4.69) is 19.2 Å². The van der Waals surface area contributed by atoms with Gasteiger partial charge in [0.25, 0.3) is 0 Å². The number of rotatable bonds is 9. The highest BCUT2D eigenvalue weighted by Crippen LogP contribution is 2.17. The molecule has 21 heavy (non-hydrogen) atoms. The summed E-state index contributed by atoms with van der Waals surface area (Å²) in [5, 5.41) is 12.3. The van der Waals surface area contributed by atoms with Crippen molar-refractivity contribution in [2.24, 2.45) is 5.92 Å². The van der Waals surface area contributed by atoms with Crippen molar-refractivity contribution in [3.8, 4) is 0 Å². The lowest BCUT2D eigenvalue weighted by molar-refractivity contribution is 0.0409. The number of aliphatic hydroxyl groups is 1. The summed E-state index contributed by atoms with van der Waals surface area (Å²) in [4.78, 5) is 0. The molecule has 0 spiro atoms. The molecule has 0 aliphatic rings. The molecular weight excluding hydrogens is 283 g/mol. The number of aliphatic hydroxyl groups excluding tert-OH is 1. The zero-order chi connectivity index (χ0) is 15.8. The van der Waals surface area contributed by atoms with E-state index in [0.29, 0.717) is 12.5 Å². The molecule has 0 fully saturated rings. The van der Waals surface area contributed by atoms with Crippen molar-refractivity contribution in [3.63, 3.8) is 0 Å². The van der Waals surface area contributed by atoms with Crippen molar-refractivity contribution >= 4 is 5.69 Å². The van der Waals surface area contributed by atoms with E-state index >= 15 is 0 Å². The van der Waals surface area contributed by atoms with Crippen LogP contribution in [0.15, 0.2) is 12.1 Å². The van der Waals surface area contributed by atoms with Crippen molar-refractivity contribution in [2.75, 3.05) is 25.1 Å². The van der Waals surface area contributed by atoms with Crippen molar-refractivity contribution < 1.29 is 23.0 Å². The van der Waals surface area contributed by atoms with Gasteiger partial charge in [-0.2, -0.15) is 0 Å². The van der Waals surface area contributed by atoms with Gasteiger partial charge in [-0.1, -0.05) is 13.8 Å². The van der Waals surface area contributed by atoms with Crippen LogP contribution in [0.5, 0.6) is 0 Å². The van der Waals surface area contributed by atoms with Gasteiger partial charge in [0.15, 0.2) is 17.5 Å². The summed E-state index contributed by atoms with van der Waals surface area (Å²) >= 11 is 0. The number of ether oxygens (including phenoxy) is 1. The van der Waals surface area contributed by atoms with Gasteiger partial charge in [-0.25, -0.2) is 13.2 Å². The molecule has 1 rings (SSSR count). The Kier molecular flexibility index (Phi) is 7.53. The van der Waals surface area contributed by atoms with Crippen LogP contribution in [-0.4, -0.2) is 31.0 Å². The average Bonchev–Trinajstić information content (AvgIpc) is 2.41. The molecule has 2 N–H and O–H groups in total. The van der Waals surface area contributed by atoms with Gasteiger partial charge in [0, 0.05) is 31.0 Å². The topological polar surface area (TPSA) is 41.5 Å². The third-order valence-electron chi connectivity index (χ3n) is 2.91. The van der Waals surface area contributed by atoms with Gasteiger partial charge in [0.1, 0.15) is 0 Å². The standard InChI is InChI=1S/C15H22F3NO2/c1-10(2)4-3-5-21-9-12(20)8-19-11-6-13(16)15(18)14(17)7-11/h6-7,10,12,19-20H,3-5,8-9H2,1-2H3. The number of hydrogen-bond donors (Lipinski definition) is 2. The number of hydrogen-bond acceptors (Lipinski definition) is 3. The zero-order valence-corrected chi connectivity index (χ0v) is 12.3. The average molecular weight is 305 g/mol. The van der Waals surface area contributed by atoms with E-state index < -0.39 is 23.6 Å². The number of anilines is 1. The van der Waals surface area contributed by atoms with E-state index in [0.717, 1.165) is 25.0 Å². The van der Waals surface area contributed by atoms with Crippen LogP contribution in [0.2, 0.25) is 0 Å². The Morgan fingerprint density at radius 1 is 1.19 bits per heavy atom. The fraction of sp³-hybridized carbons (Fsp3) is 0.600. The third-order valence-corrected chi connectivity index (χ3v) is 2.91. The van der Waals surface area contributed by atoms with Crippen LogP contribution < -0.4 is 5.32 Å². The Hall–Kier alpha value is -1.27. The predicted octanol–water partition coefficient (Wildman–Crippen LogP) is 3.33. The molecule has 0 aromatic heterocycles. The molecule has 0 aliphatic heterocycles. The first-order valence-corrected chi connectivity index (χ1v) is 7.04. The van der Waals surface area contributed by atoms with Crippen LogP contribution in [0.25, 0.3) is 0 Å².